The van der Waals surface area contributed by atoms with Gasteiger partial charge in [-0.25, -0.2) is 4.39 Å². The molecule has 5 rings (SSSR count). The van der Waals surface area contributed by atoms with E-state index in [0.717, 1.165) is 72.8 Å². The fourth-order valence-electron chi connectivity index (χ4n) is 6.58. The molecule has 2 saturated heterocycles. The maximum absolute atomic E-state index is 16.4. The number of piperidine rings is 1. The van der Waals surface area contributed by atoms with Gasteiger partial charge in [-0.05, 0) is 80.8 Å². The Morgan fingerprint density at radius 1 is 1.15 bits per heavy atom. The van der Waals surface area contributed by atoms with Crippen molar-refractivity contribution in [3.63, 3.8) is 0 Å². The Kier molecular flexibility index (Phi) is 10.4. The zero-order chi connectivity index (χ0) is 27.1. The minimum absolute atomic E-state index is 0.135. The predicted molar refractivity (Wildman–Crippen MR) is 157 cm³/mol. The third-order valence-corrected chi connectivity index (χ3v) is 10.6. The first-order chi connectivity index (χ1) is 19.1. The second kappa shape index (κ2) is 13.9. The van der Waals surface area contributed by atoms with E-state index in [1.54, 1.807) is 7.11 Å². The first kappa shape index (κ1) is 29.1. The summed E-state index contributed by atoms with van der Waals surface area (Å²) in [4.78, 5) is 9.54. The maximum Gasteiger partial charge on any atom is 0.126 e. The summed E-state index contributed by atoms with van der Waals surface area (Å²) in [7, 11) is 1.64. The Morgan fingerprint density at radius 2 is 1.92 bits per heavy atom. The normalized spacial score (nSPS) is 21.9. The number of pyridine rings is 1. The van der Waals surface area contributed by atoms with Crippen molar-refractivity contribution in [1.82, 2.24) is 14.8 Å². The monoisotopic (exact) mass is 559 g/mol. The van der Waals surface area contributed by atoms with Crippen molar-refractivity contribution in [1.29, 1.82) is 0 Å². The second-order valence-corrected chi connectivity index (χ2v) is 13.2. The lowest BCUT2D eigenvalue weighted by Gasteiger charge is -2.41. The van der Waals surface area contributed by atoms with Crippen molar-refractivity contribution >= 4 is 22.7 Å². The highest BCUT2D eigenvalue weighted by atomic mass is 32.2. The molecule has 0 amide bonds. The van der Waals surface area contributed by atoms with Crippen LogP contribution in [0.5, 0.6) is 5.75 Å². The van der Waals surface area contributed by atoms with Gasteiger partial charge < -0.3 is 19.5 Å². The summed E-state index contributed by atoms with van der Waals surface area (Å²) in [6, 6.07) is 5.73. The van der Waals surface area contributed by atoms with Gasteiger partial charge in [-0.2, -0.15) is 11.8 Å². The van der Waals surface area contributed by atoms with E-state index >= 15 is 4.39 Å². The lowest BCUT2D eigenvalue weighted by molar-refractivity contribution is 0.0311. The number of methoxy groups -OCH3 is 1. The smallest absolute Gasteiger partial charge is 0.126 e. The quantitative estimate of drug-likeness (QED) is 0.362. The number of hydrogen-bond donors (Lipinski definition) is 1. The van der Waals surface area contributed by atoms with E-state index in [-0.39, 0.29) is 12.0 Å². The SMILES string of the molecule is COc1ccc2ncc(CN3CCOCC3)c([C@H](F)CCC3(CO)CCN(CCSC4CCCC4)CC3)c2c1. The van der Waals surface area contributed by atoms with Crippen LogP contribution in [0.3, 0.4) is 0 Å². The average molecular weight is 560 g/mol. The molecule has 1 aromatic heterocycles. The summed E-state index contributed by atoms with van der Waals surface area (Å²) < 4.78 is 27.4. The highest BCUT2D eigenvalue weighted by molar-refractivity contribution is 7.99. The number of ether oxygens (including phenoxy) is 2. The van der Waals surface area contributed by atoms with Gasteiger partial charge in [-0.3, -0.25) is 9.88 Å². The Hall–Kier alpha value is -1.45. The molecule has 1 N–H and O–H groups in total. The fourth-order valence-corrected chi connectivity index (χ4v) is 7.94. The second-order valence-electron chi connectivity index (χ2n) is 11.8. The van der Waals surface area contributed by atoms with Gasteiger partial charge in [-0.15, -0.1) is 0 Å². The maximum atomic E-state index is 16.4. The summed E-state index contributed by atoms with van der Waals surface area (Å²) in [5.74, 6) is 1.92. The number of morpholine rings is 1. The van der Waals surface area contributed by atoms with Gasteiger partial charge in [0.15, 0.2) is 0 Å². The van der Waals surface area contributed by atoms with E-state index in [4.69, 9.17) is 9.47 Å². The number of alkyl halides is 1. The van der Waals surface area contributed by atoms with Gasteiger partial charge in [-0.1, -0.05) is 12.8 Å². The van der Waals surface area contributed by atoms with Gasteiger partial charge in [0, 0.05) is 60.9 Å². The fraction of sp³-hybridized carbons (Fsp3) is 0.710. The summed E-state index contributed by atoms with van der Waals surface area (Å²) in [6.07, 6.45) is 9.28. The number of aliphatic hydroxyl groups excluding tert-OH is 1. The number of hydrogen-bond acceptors (Lipinski definition) is 7. The number of nitrogens with zero attached hydrogens (tertiary/aromatic N) is 3. The Bertz CT molecular complexity index is 1050. The molecule has 2 aromatic rings. The molecular formula is C31H46FN3O3S. The van der Waals surface area contributed by atoms with E-state index in [2.05, 4.69) is 26.5 Å². The van der Waals surface area contributed by atoms with Crippen LogP contribution >= 0.6 is 11.8 Å². The van der Waals surface area contributed by atoms with E-state index in [1.165, 1.54) is 31.4 Å². The summed E-state index contributed by atoms with van der Waals surface area (Å²) in [5.41, 5.74) is 2.28. The van der Waals surface area contributed by atoms with Gasteiger partial charge in [0.05, 0.1) is 25.8 Å². The van der Waals surface area contributed by atoms with Gasteiger partial charge in [0.25, 0.3) is 0 Å². The number of rotatable bonds is 12. The third kappa shape index (κ3) is 7.45. The highest BCUT2D eigenvalue weighted by Gasteiger charge is 2.35. The van der Waals surface area contributed by atoms with Crippen molar-refractivity contribution in [2.75, 3.05) is 65.4 Å². The highest BCUT2D eigenvalue weighted by Crippen LogP contribution is 2.41. The number of fused-ring (bicyclic) bond motifs is 1. The predicted octanol–water partition coefficient (Wildman–Crippen LogP) is 5.62. The molecule has 8 heteroatoms. The van der Waals surface area contributed by atoms with Crippen LogP contribution in [0.15, 0.2) is 24.4 Å². The van der Waals surface area contributed by atoms with Gasteiger partial charge in [0.1, 0.15) is 11.9 Å². The zero-order valence-electron chi connectivity index (χ0n) is 23.6. The number of likely N-dealkylation sites (tertiary alicyclic amines) is 1. The molecule has 3 heterocycles. The number of thioether (sulfide) groups is 1. The van der Waals surface area contributed by atoms with Crippen molar-refractivity contribution < 1.29 is 19.0 Å². The lowest BCUT2D eigenvalue weighted by Crippen LogP contribution is -2.43. The number of aliphatic hydroxyl groups is 1. The van der Waals surface area contributed by atoms with Crippen molar-refractivity contribution in [3.8, 4) is 5.75 Å². The first-order valence-corrected chi connectivity index (χ1v) is 16.0. The van der Waals surface area contributed by atoms with Crippen molar-refractivity contribution in [3.05, 3.63) is 35.5 Å². The molecule has 1 saturated carbocycles. The third-order valence-electron chi connectivity index (χ3n) is 9.25. The van der Waals surface area contributed by atoms with Crippen LogP contribution in [-0.2, 0) is 11.3 Å². The molecule has 1 aliphatic carbocycles. The average Bonchev–Trinajstić information content (AvgIpc) is 3.50. The minimum Gasteiger partial charge on any atom is -0.497 e. The Labute approximate surface area is 237 Å². The van der Waals surface area contributed by atoms with E-state index in [0.29, 0.717) is 38.3 Å². The van der Waals surface area contributed by atoms with Crippen molar-refractivity contribution in [2.45, 2.75) is 69.3 Å². The van der Waals surface area contributed by atoms with Crippen LogP contribution in [0.4, 0.5) is 4.39 Å². The van der Waals surface area contributed by atoms with E-state index in [1.807, 2.05) is 24.4 Å². The number of benzene rings is 1. The largest absolute Gasteiger partial charge is 0.497 e. The zero-order valence-corrected chi connectivity index (χ0v) is 24.4. The first-order valence-electron chi connectivity index (χ1n) is 14.9. The van der Waals surface area contributed by atoms with Crippen LogP contribution in [0.2, 0.25) is 0 Å². The molecular weight excluding hydrogens is 513 g/mol. The molecule has 1 aromatic carbocycles. The van der Waals surface area contributed by atoms with Gasteiger partial charge in [0.2, 0.25) is 0 Å². The minimum atomic E-state index is -1.12. The molecule has 0 bridgehead atoms. The van der Waals surface area contributed by atoms with Gasteiger partial charge >= 0.3 is 0 Å². The van der Waals surface area contributed by atoms with Crippen molar-refractivity contribution in [2.24, 2.45) is 5.41 Å². The molecule has 39 heavy (non-hydrogen) atoms. The van der Waals surface area contributed by atoms with Crippen LogP contribution in [-0.4, -0.2) is 90.5 Å². The summed E-state index contributed by atoms with van der Waals surface area (Å²) in [5, 5.41) is 12.2. The molecule has 1 atom stereocenters. The van der Waals surface area contributed by atoms with Crippen LogP contribution in [0.25, 0.3) is 10.9 Å². The number of aromatic nitrogens is 1. The summed E-state index contributed by atoms with van der Waals surface area (Å²) in [6.45, 7) is 7.03. The molecule has 0 unspecified atom stereocenters. The molecule has 3 fully saturated rings. The molecule has 3 aliphatic rings. The topological polar surface area (TPSA) is 58.1 Å². The Morgan fingerprint density at radius 3 is 2.64 bits per heavy atom. The number of halogens is 1. The molecule has 6 nitrogen and oxygen atoms in total. The lowest BCUT2D eigenvalue weighted by atomic mass is 9.74. The van der Waals surface area contributed by atoms with Crippen LogP contribution in [0.1, 0.15) is 68.7 Å². The molecule has 0 spiro atoms. The Balaban J connectivity index is 1.24. The van der Waals surface area contributed by atoms with E-state index in [9.17, 15) is 5.11 Å². The molecule has 216 valence electrons. The molecule has 0 radical (unpaired) electrons. The summed E-state index contributed by atoms with van der Waals surface area (Å²) >= 11 is 2.15. The standard InChI is InChI=1S/C31H46FN3O3S/c1-37-25-6-7-29-27(20-25)30(24(21-33-29)22-35-14-17-38-18-15-35)28(32)8-9-31(23-36)10-12-34(13-11-31)16-19-39-26-4-2-3-5-26/h6-7,20-21,26,28,36H,2-5,8-19,22-23H2,1H3/t28-/m1/s1. The van der Waals surface area contributed by atoms with E-state index < -0.39 is 6.17 Å². The van der Waals surface area contributed by atoms with Crippen LogP contribution < -0.4 is 4.74 Å². The van der Waals surface area contributed by atoms with Crippen LogP contribution in [0, 0.1) is 5.41 Å². The molecule has 2 aliphatic heterocycles.